The Morgan fingerprint density at radius 1 is 0.935 bits per heavy atom. The summed E-state index contributed by atoms with van der Waals surface area (Å²) in [5, 5.41) is 0. The molecule has 2 aliphatic rings. The summed E-state index contributed by atoms with van der Waals surface area (Å²) in [6.45, 7) is 2.10. The Morgan fingerprint density at radius 3 is 2.16 bits per heavy atom. The standard InChI is InChI=1S/C26H23NO4/c1-17(24-20-11-5-7-13-22(20)31-23-14-8-6-12-21(23)24)25(28)27-19(16-30-26(27)29)15-18-9-3-2-4-10-18/h2-14,17,19,24H,15-16H2,1H3/t17-,19+/m1/s1. The molecule has 2 amide bonds. The van der Waals surface area contributed by atoms with Crippen molar-refractivity contribution in [1.29, 1.82) is 0 Å². The van der Waals surface area contributed by atoms with E-state index in [-0.39, 0.29) is 24.5 Å². The normalized spacial score (nSPS) is 18.5. The van der Waals surface area contributed by atoms with E-state index in [2.05, 4.69) is 0 Å². The lowest BCUT2D eigenvalue weighted by Crippen LogP contribution is -2.44. The molecule has 0 spiro atoms. The Balaban J connectivity index is 1.48. The van der Waals surface area contributed by atoms with Gasteiger partial charge in [-0.1, -0.05) is 73.7 Å². The van der Waals surface area contributed by atoms with E-state index in [0.29, 0.717) is 6.42 Å². The zero-order valence-electron chi connectivity index (χ0n) is 17.2. The lowest BCUT2D eigenvalue weighted by molar-refractivity contribution is -0.133. The highest BCUT2D eigenvalue weighted by Crippen LogP contribution is 2.47. The quantitative estimate of drug-likeness (QED) is 0.594. The molecule has 3 aromatic carbocycles. The molecule has 0 unspecified atom stereocenters. The molecule has 0 saturated carbocycles. The van der Waals surface area contributed by atoms with Gasteiger partial charge in [0.1, 0.15) is 18.1 Å². The highest BCUT2D eigenvalue weighted by Gasteiger charge is 2.43. The van der Waals surface area contributed by atoms with Gasteiger partial charge in [0.25, 0.3) is 0 Å². The Kier molecular flexibility index (Phi) is 4.94. The molecule has 2 atom stereocenters. The fraction of sp³-hybridized carbons (Fsp3) is 0.231. The lowest BCUT2D eigenvalue weighted by Gasteiger charge is -2.33. The van der Waals surface area contributed by atoms with Gasteiger partial charge in [-0.3, -0.25) is 4.79 Å². The van der Waals surface area contributed by atoms with E-state index in [4.69, 9.17) is 9.47 Å². The van der Waals surface area contributed by atoms with Gasteiger partial charge in [0.2, 0.25) is 5.91 Å². The van der Waals surface area contributed by atoms with E-state index in [9.17, 15) is 9.59 Å². The molecule has 3 aromatic rings. The summed E-state index contributed by atoms with van der Waals surface area (Å²) in [6, 6.07) is 25.1. The molecule has 2 aliphatic heterocycles. The summed E-state index contributed by atoms with van der Waals surface area (Å²) >= 11 is 0. The number of nitrogens with zero attached hydrogens (tertiary/aromatic N) is 1. The number of hydrogen-bond acceptors (Lipinski definition) is 4. The van der Waals surface area contributed by atoms with Crippen molar-refractivity contribution in [2.45, 2.75) is 25.3 Å². The van der Waals surface area contributed by atoms with E-state index < -0.39 is 12.0 Å². The first kappa shape index (κ1) is 19.4. The van der Waals surface area contributed by atoms with Crippen LogP contribution >= 0.6 is 0 Å². The predicted octanol–water partition coefficient (Wildman–Crippen LogP) is 5.15. The number of ether oxygens (including phenoxy) is 2. The fourth-order valence-electron chi connectivity index (χ4n) is 4.61. The number of cyclic esters (lactones) is 1. The Hall–Kier alpha value is -3.60. The maximum Gasteiger partial charge on any atom is 0.416 e. The minimum atomic E-state index is -0.564. The van der Waals surface area contributed by atoms with Crippen LogP contribution in [0.3, 0.4) is 0 Å². The number of carbonyl (C=O) groups excluding carboxylic acids is 2. The molecule has 0 radical (unpaired) electrons. The SMILES string of the molecule is C[C@@H](C(=O)N1C(=O)OC[C@@H]1Cc1ccccc1)C1c2ccccc2Oc2ccccc21. The van der Waals surface area contributed by atoms with Crippen molar-refractivity contribution >= 4 is 12.0 Å². The van der Waals surface area contributed by atoms with Crippen LogP contribution < -0.4 is 4.74 Å². The number of carbonyl (C=O) groups is 2. The first-order valence-electron chi connectivity index (χ1n) is 10.5. The van der Waals surface area contributed by atoms with Crippen molar-refractivity contribution < 1.29 is 19.1 Å². The van der Waals surface area contributed by atoms with Gasteiger partial charge in [-0.05, 0) is 24.1 Å². The number of fused-ring (bicyclic) bond motifs is 2. The number of amides is 2. The summed E-state index contributed by atoms with van der Waals surface area (Å²) in [6.07, 6.45) is 0.0119. The predicted molar refractivity (Wildman–Crippen MR) is 116 cm³/mol. The maximum atomic E-state index is 13.7. The Bertz CT molecular complexity index is 1080. The van der Waals surface area contributed by atoms with Crippen LogP contribution in [0.15, 0.2) is 78.9 Å². The maximum absolute atomic E-state index is 13.7. The number of imide groups is 1. The van der Waals surface area contributed by atoms with E-state index in [0.717, 1.165) is 28.2 Å². The fourth-order valence-corrected chi connectivity index (χ4v) is 4.61. The number of rotatable bonds is 4. The van der Waals surface area contributed by atoms with Crippen molar-refractivity contribution in [3.8, 4) is 11.5 Å². The molecule has 31 heavy (non-hydrogen) atoms. The second kappa shape index (κ2) is 7.91. The molecule has 1 fully saturated rings. The molecule has 0 aromatic heterocycles. The van der Waals surface area contributed by atoms with E-state index in [1.54, 1.807) is 0 Å². The van der Waals surface area contributed by atoms with Crippen molar-refractivity contribution in [3.05, 3.63) is 95.6 Å². The summed E-state index contributed by atoms with van der Waals surface area (Å²) < 4.78 is 11.4. The van der Waals surface area contributed by atoms with Crippen molar-refractivity contribution in [1.82, 2.24) is 4.90 Å². The highest BCUT2D eigenvalue weighted by atomic mass is 16.6. The van der Waals surface area contributed by atoms with Gasteiger partial charge in [-0.2, -0.15) is 0 Å². The molecular formula is C26H23NO4. The van der Waals surface area contributed by atoms with Crippen molar-refractivity contribution in [3.63, 3.8) is 0 Å². The summed E-state index contributed by atoms with van der Waals surface area (Å²) in [4.78, 5) is 27.5. The van der Waals surface area contributed by atoms with E-state index >= 15 is 0 Å². The molecule has 0 aliphatic carbocycles. The minimum Gasteiger partial charge on any atom is -0.457 e. The van der Waals surface area contributed by atoms with E-state index in [1.165, 1.54) is 4.90 Å². The molecule has 0 bridgehead atoms. The number of benzene rings is 3. The first-order valence-corrected chi connectivity index (χ1v) is 10.5. The zero-order valence-corrected chi connectivity index (χ0v) is 17.2. The van der Waals surface area contributed by atoms with Crippen LogP contribution in [0.4, 0.5) is 4.79 Å². The number of hydrogen-bond donors (Lipinski definition) is 0. The van der Waals surface area contributed by atoms with Gasteiger partial charge in [0, 0.05) is 23.0 Å². The van der Waals surface area contributed by atoms with Crippen LogP contribution in [-0.4, -0.2) is 29.5 Å². The molecule has 5 rings (SSSR count). The van der Waals surface area contributed by atoms with Crippen molar-refractivity contribution in [2.75, 3.05) is 6.61 Å². The van der Waals surface area contributed by atoms with Gasteiger partial charge < -0.3 is 9.47 Å². The smallest absolute Gasteiger partial charge is 0.416 e. The van der Waals surface area contributed by atoms with Crippen LogP contribution in [0.5, 0.6) is 11.5 Å². The Labute approximate surface area is 181 Å². The molecule has 5 heteroatoms. The number of para-hydroxylation sites is 2. The van der Waals surface area contributed by atoms with Crippen molar-refractivity contribution in [2.24, 2.45) is 5.92 Å². The second-order valence-corrected chi connectivity index (χ2v) is 8.07. The van der Waals surface area contributed by atoms with Gasteiger partial charge in [0.05, 0.1) is 6.04 Å². The largest absolute Gasteiger partial charge is 0.457 e. The third kappa shape index (κ3) is 3.46. The molecule has 2 heterocycles. The lowest BCUT2D eigenvalue weighted by atomic mass is 9.78. The molecule has 0 N–H and O–H groups in total. The summed E-state index contributed by atoms with van der Waals surface area (Å²) in [7, 11) is 0. The highest BCUT2D eigenvalue weighted by molar-refractivity contribution is 5.95. The average Bonchev–Trinajstić information content (AvgIpc) is 3.16. The van der Waals surface area contributed by atoms with Gasteiger partial charge >= 0.3 is 6.09 Å². The summed E-state index contributed by atoms with van der Waals surface area (Å²) in [5.74, 6) is 0.598. The zero-order chi connectivity index (χ0) is 21.4. The van der Waals surface area contributed by atoms with Crippen LogP contribution in [0, 0.1) is 5.92 Å². The van der Waals surface area contributed by atoms with Crippen LogP contribution in [0.2, 0.25) is 0 Å². The van der Waals surface area contributed by atoms with E-state index in [1.807, 2.05) is 85.8 Å². The monoisotopic (exact) mass is 413 g/mol. The molecule has 1 saturated heterocycles. The third-order valence-corrected chi connectivity index (χ3v) is 6.13. The van der Waals surface area contributed by atoms with Gasteiger partial charge in [-0.25, -0.2) is 9.69 Å². The molecule has 5 nitrogen and oxygen atoms in total. The minimum absolute atomic E-state index is 0.209. The Morgan fingerprint density at radius 2 is 1.52 bits per heavy atom. The molecule has 156 valence electrons. The third-order valence-electron chi connectivity index (χ3n) is 6.13. The topological polar surface area (TPSA) is 55.8 Å². The van der Waals surface area contributed by atoms with Gasteiger partial charge in [-0.15, -0.1) is 0 Å². The first-order chi connectivity index (χ1) is 15.1. The summed E-state index contributed by atoms with van der Waals surface area (Å²) in [5.41, 5.74) is 2.97. The second-order valence-electron chi connectivity index (χ2n) is 8.07. The molecular weight excluding hydrogens is 390 g/mol. The van der Waals surface area contributed by atoms with Crippen LogP contribution in [0.1, 0.15) is 29.5 Å². The van der Waals surface area contributed by atoms with Crippen LogP contribution in [0.25, 0.3) is 0 Å². The average molecular weight is 413 g/mol. The van der Waals surface area contributed by atoms with Crippen LogP contribution in [-0.2, 0) is 16.0 Å². The van der Waals surface area contributed by atoms with Gasteiger partial charge in [0.15, 0.2) is 0 Å².